The largest absolute Gasteiger partial charge is 0.347 e. The number of benzene rings is 2. The third kappa shape index (κ3) is 5.45. The van der Waals surface area contributed by atoms with Gasteiger partial charge in [0.2, 0.25) is 10.0 Å². The van der Waals surface area contributed by atoms with Crippen LogP contribution in [0, 0.1) is 0 Å². The second-order valence-electron chi connectivity index (χ2n) is 5.62. The lowest BCUT2D eigenvalue weighted by atomic mass is 10.2. The van der Waals surface area contributed by atoms with Gasteiger partial charge < -0.3 is 10.6 Å². The van der Waals surface area contributed by atoms with Gasteiger partial charge in [0.15, 0.2) is 6.04 Å². The molecule has 0 spiro atoms. The molecular weight excluding hydrogens is 326 g/mol. The number of carbonyl (C=O) groups excluding carboxylic acids is 1. The second kappa shape index (κ2) is 8.05. The van der Waals surface area contributed by atoms with Gasteiger partial charge in [0.1, 0.15) is 6.54 Å². The summed E-state index contributed by atoms with van der Waals surface area (Å²) in [5, 5.41) is 9.85. The summed E-state index contributed by atoms with van der Waals surface area (Å²) in [5.41, 5.74) is 1.97. The van der Waals surface area contributed by atoms with Crippen molar-refractivity contribution >= 4 is 15.9 Å². The number of nitrogens with two attached hydrogens (primary N) is 2. The molecule has 2 aromatic carbocycles. The van der Waals surface area contributed by atoms with Gasteiger partial charge in [-0.05, 0) is 24.6 Å². The molecule has 5 N–H and O–H groups in total. The molecule has 1 atom stereocenters. The molecule has 24 heavy (non-hydrogen) atoms. The van der Waals surface area contributed by atoms with Crippen LogP contribution >= 0.6 is 0 Å². The molecule has 0 saturated carbocycles. The molecule has 128 valence electrons. The fourth-order valence-corrected chi connectivity index (χ4v) is 2.70. The number of primary sulfonamides is 1. The lowest BCUT2D eigenvalue weighted by Crippen LogP contribution is -2.90. The fourth-order valence-electron chi connectivity index (χ4n) is 2.18. The summed E-state index contributed by atoms with van der Waals surface area (Å²) in [5.74, 6) is -0.0417. The van der Waals surface area contributed by atoms with E-state index < -0.39 is 10.0 Å². The topological polar surface area (TPSA) is 106 Å². The molecule has 7 heteroatoms. The minimum Gasteiger partial charge on any atom is -0.347 e. The first-order valence-electron chi connectivity index (χ1n) is 7.63. The number of quaternary nitrogens is 1. The standard InChI is InChI=1S/C17H21N3O3S/c1-13(17(21)20-12-14-5-3-2-4-6-14)19-11-15-7-9-16(10-8-15)24(18,22)23/h2-10,13,19H,11-12H2,1H3,(H,20,21)(H2,18,22,23)/p+1/t13-/m1/s1. The molecule has 0 unspecified atom stereocenters. The highest BCUT2D eigenvalue weighted by atomic mass is 32.2. The molecule has 0 radical (unpaired) electrons. The van der Waals surface area contributed by atoms with Crippen molar-refractivity contribution in [1.82, 2.24) is 5.32 Å². The van der Waals surface area contributed by atoms with Crippen molar-refractivity contribution in [3.05, 3.63) is 65.7 Å². The quantitative estimate of drug-likeness (QED) is 0.661. The zero-order chi connectivity index (χ0) is 17.6. The monoisotopic (exact) mass is 348 g/mol. The first-order valence-corrected chi connectivity index (χ1v) is 9.17. The van der Waals surface area contributed by atoms with Gasteiger partial charge in [0.05, 0.1) is 4.90 Å². The summed E-state index contributed by atoms with van der Waals surface area (Å²) in [4.78, 5) is 12.2. The Morgan fingerprint density at radius 1 is 1.08 bits per heavy atom. The van der Waals surface area contributed by atoms with Crippen LogP contribution < -0.4 is 15.8 Å². The third-order valence-electron chi connectivity index (χ3n) is 3.68. The molecule has 0 aliphatic carbocycles. The number of hydrogen-bond acceptors (Lipinski definition) is 3. The van der Waals surface area contributed by atoms with E-state index in [0.717, 1.165) is 11.1 Å². The molecule has 1 amide bonds. The Morgan fingerprint density at radius 3 is 2.29 bits per heavy atom. The van der Waals surface area contributed by atoms with Crippen molar-refractivity contribution in [2.75, 3.05) is 0 Å². The van der Waals surface area contributed by atoms with Gasteiger partial charge in [0, 0.05) is 12.1 Å². The van der Waals surface area contributed by atoms with Crippen molar-refractivity contribution in [3.63, 3.8) is 0 Å². The summed E-state index contributed by atoms with van der Waals surface area (Å²) in [6.07, 6.45) is 0. The molecule has 0 aliphatic heterocycles. The van der Waals surface area contributed by atoms with E-state index in [9.17, 15) is 13.2 Å². The summed E-state index contributed by atoms with van der Waals surface area (Å²) in [6, 6.07) is 15.8. The van der Waals surface area contributed by atoms with Crippen molar-refractivity contribution < 1.29 is 18.5 Å². The number of rotatable bonds is 7. The smallest absolute Gasteiger partial charge is 0.278 e. The molecule has 2 rings (SSSR count). The van der Waals surface area contributed by atoms with Gasteiger partial charge in [-0.25, -0.2) is 13.6 Å². The number of nitrogens with one attached hydrogen (secondary N) is 1. The van der Waals surface area contributed by atoms with Gasteiger partial charge in [-0.1, -0.05) is 42.5 Å². The molecule has 2 aromatic rings. The lowest BCUT2D eigenvalue weighted by Gasteiger charge is -2.11. The van der Waals surface area contributed by atoms with Crippen molar-refractivity contribution in [1.29, 1.82) is 0 Å². The van der Waals surface area contributed by atoms with Crippen LogP contribution in [0.25, 0.3) is 0 Å². The molecule has 0 heterocycles. The summed E-state index contributed by atoms with van der Waals surface area (Å²) in [7, 11) is -3.67. The van der Waals surface area contributed by atoms with E-state index in [1.54, 1.807) is 12.1 Å². The van der Waals surface area contributed by atoms with E-state index in [0.29, 0.717) is 13.1 Å². The Hall–Kier alpha value is -2.22. The summed E-state index contributed by atoms with van der Waals surface area (Å²) < 4.78 is 22.4. The van der Waals surface area contributed by atoms with Crippen LogP contribution in [0.1, 0.15) is 18.1 Å². The highest BCUT2D eigenvalue weighted by Crippen LogP contribution is 2.07. The first-order chi connectivity index (χ1) is 11.4. The van der Waals surface area contributed by atoms with Crippen molar-refractivity contribution in [3.8, 4) is 0 Å². The maximum Gasteiger partial charge on any atom is 0.278 e. The highest BCUT2D eigenvalue weighted by molar-refractivity contribution is 7.89. The Balaban J connectivity index is 1.81. The van der Waals surface area contributed by atoms with Crippen molar-refractivity contribution in [2.24, 2.45) is 5.14 Å². The number of amides is 1. The Bertz CT molecular complexity index is 774. The maximum absolute atomic E-state index is 12.1. The van der Waals surface area contributed by atoms with E-state index in [-0.39, 0.29) is 16.8 Å². The van der Waals surface area contributed by atoms with Gasteiger partial charge in [0.25, 0.3) is 5.91 Å². The van der Waals surface area contributed by atoms with Crippen LogP contribution in [0.15, 0.2) is 59.5 Å². The average Bonchev–Trinajstić information content (AvgIpc) is 2.58. The Morgan fingerprint density at radius 2 is 1.71 bits per heavy atom. The average molecular weight is 348 g/mol. The molecular formula is C17H22N3O3S+. The van der Waals surface area contributed by atoms with Crippen LogP contribution in [0.2, 0.25) is 0 Å². The van der Waals surface area contributed by atoms with E-state index in [4.69, 9.17) is 5.14 Å². The molecule has 0 saturated heterocycles. The SMILES string of the molecule is C[C@@H]([NH2+]Cc1ccc(S(N)(=O)=O)cc1)C(=O)NCc1ccccc1. The van der Waals surface area contributed by atoms with Gasteiger partial charge >= 0.3 is 0 Å². The molecule has 0 fully saturated rings. The van der Waals surface area contributed by atoms with Crippen LogP contribution in [0.4, 0.5) is 0 Å². The number of hydrogen-bond donors (Lipinski definition) is 3. The van der Waals surface area contributed by atoms with Crippen LogP contribution in [0.5, 0.6) is 0 Å². The maximum atomic E-state index is 12.1. The Labute approximate surface area is 142 Å². The second-order valence-corrected chi connectivity index (χ2v) is 7.18. The minimum atomic E-state index is -3.67. The highest BCUT2D eigenvalue weighted by Gasteiger charge is 2.15. The predicted octanol–water partition coefficient (Wildman–Crippen LogP) is 0.102. The normalized spacial score (nSPS) is 12.6. The van der Waals surface area contributed by atoms with E-state index in [2.05, 4.69) is 5.32 Å². The van der Waals surface area contributed by atoms with Gasteiger partial charge in [-0.15, -0.1) is 0 Å². The van der Waals surface area contributed by atoms with E-state index in [1.165, 1.54) is 12.1 Å². The third-order valence-corrected chi connectivity index (χ3v) is 4.61. The zero-order valence-electron chi connectivity index (χ0n) is 13.5. The Kier molecular flexibility index (Phi) is 6.08. The first kappa shape index (κ1) is 18.1. The predicted molar refractivity (Wildman–Crippen MR) is 91.2 cm³/mol. The van der Waals surface area contributed by atoms with Gasteiger partial charge in [-0.3, -0.25) is 4.79 Å². The summed E-state index contributed by atoms with van der Waals surface area (Å²) >= 11 is 0. The molecule has 0 aliphatic rings. The molecule has 0 aromatic heterocycles. The van der Waals surface area contributed by atoms with Gasteiger partial charge in [-0.2, -0.15) is 0 Å². The summed E-state index contributed by atoms with van der Waals surface area (Å²) in [6.45, 7) is 2.91. The minimum absolute atomic E-state index is 0.0417. The van der Waals surface area contributed by atoms with E-state index >= 15 is 0 Å². The lowest BCUT2D eigenvalue weighted by molar-refractivity contribution is -0.689. The number of carbonyl (C=O) groups is 1. The zero-order valence-corrected chi connectivity index (χ0v) is 14.3. The molecule has 0 bridgehead atoms. The fraction of sp³-hybridized carbons (Fsp3) is 0.235. The van der Waals surface area contributed by atoms with Crippen LogP contribution in [-0.4, -0.2) is 20.4 Å². The number of sulfonamides is 1. The van der Waals surface area contributed by atoms with Crippen molar-refractivity contribution in [2.45, 2.75) is 31.0 Å². The van der Waals surface area contributed by atoms with E-state index in [1.807, 2.05) is 42.6 Å². The molecule has 6 nitrogen and oxygen atoms in total. The van der Waals surface area contributed by atoms with Crippen LogP contribution in [0.3, 0.4) is 0 Å². The van der Waals surface area contributed by atoms with Crippen LogP contribution in [-0.2, 0) is 27.9 Å².